The third kappa shape index (κ3) is 3.86. The molecule has 2 unspecified atom stereocenters. The summed E-state index contributed by atoms with van der Waals surface area (Å²) in [7, 11) is 1.76. The smallest absolute Gasteiger partial charge is 0.324 e. The minimum Gasteiger partial charge on any atom is -0.354 e. The van der Waals surface area contributed by atoms with Crippen LogP contribution in [0.1, 0.15) is 20.3 Å². The van der Waals surface area contributed by atoms with Gasteiger partial charge >= 0.3 is 6.03 Å². The van der Waals surface area contributed by atoms with E-state index >= 15 is 0 Å². The Balaban J connectivity index is 1.83. The molecule has 2 fully saturated rings. The summed E-state index contributed by atoms with van der Waals surface area (Å²) >= 11 is 0. The summed E-state index contributed by atoms with van der Waals surface area (Å²) in [6.07, 6.45) is 1.25. The average molecular weight is 295 g/mol. The van der Waals surface area contributed by atoms with Gasteiger partial charge in [-0.3, -0.25) is 14.7 Å². The first-order valence-electron chi connectivity index (χ1n) is 7.55. The van der Waals surface area contributed by atoms with Gasteiger partial charge in [-0.2, -0.15) is 0 Å². The molecule has 0 aromatic heterocycles. The van der Waals surface area contributed by atoms with Gasteiger partial charge in [0.15, 0.2) is 5.96 Å². The zero-order chi connectivity index (χ0) is 15.4. The highest BCUT2D eigenvalue weighted by Crippen LogP contribution is 2.20. The minimum absolute atomic E-state index is 0.106. The predicted molar refractivity (Wildman–Crippen MR) is 81.0 cm³/mol. The summed E-state index contributed by atoms with van der Waals surface area (Å²) in [6.45, 7) is 7.48. The molecule has 2 aliphatic heterocycles. The van der Waals surface area contributed by atoms with E-state index in [4.69, 9.17) is 0 Å². The molecule has 7 heteroatoms. The van der Waals surface area contributed by atoms with E-state index in [-0.39, 0.29) is 18.5 Å². The first-order valence-corrected chi connectivity index (χ1v) is 7.55. The molecule has 0 aromatic carbocycles. The Labute approximate surface area is 125 Å². The Morgan fingerprint density at radius 1 is 1.33 bits per heavy atom. The summed E-state index contributed by atoms with van der Waals surface area (Å²) in [5, 5.41) is 5.77. The lowest BCUT2D eigenvalue weighted by molar-refractivity contribution is -0.124. The van der Waals surface area contributed by atoms with Gasteiger partial charge in [0.2, 0.25) is 5.91 Å². The fourth-order valence-corrected chi connectivity index (χ4v) is 3.13. The standard InChI is InChI=1S/C14H25N5O2/c1-10-6-11(2)9-18(8-10)13(15-3)16-4-5-19-12(20)7-17-14(19)21/h10-11H,4-9H2,1-3H3,(H,15,16)(H,17,21). The van der Waals surface area contributed by atoms with Crippen molar-refractivity contribution in [2.45, 2.75) is 20.3 Å². The molecule has 0 spiro atoms. The zero-order valence-corrected chi connectivity index (χ0v) is 13.1. The van der Waals surface area contributed by atoms with Gasteiger partial charge < -0.3 is 15.5 Å². The van der Waals surface area contributed by atoms with Crippen molar-refractivity contribution >= 4 is 17.9 Å². The summed E-state index contributed by atoms with van der Waals surface area (Å²) in [6, 6.07) is -0.308. The number of urea groups is 1. The maximum Gasteiger partial charge on any atom is 0.324 e. The number of hydrogen-bond donors (Lipinski definition) is 2. The maximum absolute atomic E-state index is 11.5. The fraction of sp³-hybridized carbons (Fsp3) is 0.786. The molecule has 7 nitrogen and oxygen atoms in total. The second-order valence-corrected chi connectivity index (χ2v) is 6.03. The quantitative estimate of drug-likeness (QED) is 0.439. The van der Waals surface area contributed by atoms with Crippen LogP contribution in [0.15, 0.2) is 4.99 Å². The molecule has 118 valence electrons. The number of nitrogens with one attached hydrogen (secondary N) is 2. The van der Waals surface area contributed by atoms with Crippen LogP contribution in [0.4, 0.5) is 4.79 Å². The first kappa shape index (κ1) is 15.6. The van der Waals surface area contributed by atoms with Crippen molar-refractivity contribution in [1.82, 2.24) is 20.4 Å². The van der Waals surface area contributed by atoms with Gasteiger partial charge in [0, 0.05) is 33.2 Å². The molecule has 0 aromatic rings. The van der Waals surface area contributed by atoms with Gasteiger partial charge in [-0.1, -0.05) is 13.8 Å². The molecule has 0 bridgehead atoms. The average Bonchev–Trinajstić information content (AvgIpc) is 2.73. The number of aliphatic imine (C=N–C) groups is 1. The number of imide groups is 1. The van der Waals surface area contributed by atoms with E-state index in [1.54, 1.807) is 7.05 Å². The monoisotopic (exact) mass is 295 g/mol. The Bertz CT molecular complexity index is 411. The van der Waals surface area contributed by atoms with Gasteiger partial charge in [-0.15, -0.1) is 0 Å². The van der Waals surface area contributed by atoms with Gasteiger partial charge in [0.1, 0.15) is 0 Å². The van der Waals surface area contributed by atoms with Crippen molar-refractivity contribution in [3.05, 3.63) is 0 Å². The second kappa shape index (κ2) is 6.78. The molecular formula is C14H25N5O2. The highest BCUT2D eigenvalue weighted by molar-refractivity contribution is 6.01. The van der Waals surface area contributed by atoms with Crippen molar-refractivity contribution in [3.63, 3.8) is 0 Å². The van der Waals surface area contributed by atoms with Gasteiger partial charge in [-0.05, 0) is 18.3 Å². The van der Waals surface area contributed by atoms with E-state index in [9.17, 15) is 9.59 Å². The highest BCUT2D eigenvalue weighted by atomic mass is 16.2. The largest absolute Gasteiger partial charge is 0.354 e. The van der Waals surface area contributed by atoms with Crippen LogP contribution in [-0.4, -0.2) is 67.5 Å². The van der Waals surface area contributed by atoms with Crippen LogP contribution in [-0.2, 0) is 4.79 Å². The van der Waals surface area contributed by atoms with E-state index in [1.165, 1.54) is 11.3 Å². The Kier molecular flexibility index (Phi) is 5.03. The molecule has 0 aliphatic carbocycles. The highest BCUT2D eigenvalue weighted by Gasteiger charge is 2.28. The zero-order valence-electron chi connectivity index (χ0n) is 13.1. The van der Waals surface area contributed by atoms with Crippen molar-refractivity contribution in [1.29, 1.82) is 0 Å². The molecule has 21 heavy (non-hydrogen) atoms. The predicted octanol–water partition coefficient (Wildman–Crippen LogP) is 0.0915. The number of nitrogens with zero attached hydrogens (tertiary/aromatic N) is 3. The minimum atomic E-state index is -0.308. The molecule has 3 amide bonds. The Morgan fingerprint density at radius 2 is 2.00 bits per heavy atom. The van der Waals surface area contributed by atoms with Crippen LogP contribution in [0.25, 0.3) is 0 Å². The van der Waals surface area contributed by atoms with Gasteiger partial charge in [0.25, 0.3) is 0 Å². The first-order chi connectivity index (χ1) is 10.0. The SMILES string of the molecule is CN=C(NCCN1C(=O)CNC1=O)N1CC(C)CC(C)C1. The van der Waals surface area contributed by atoms with E-state index in [1.807, 2.05) is 0 Å². The lowest BCUT2D eigenvalue weighted by Crippen LogP contribution is -2.50. The lowest BCUT2D eigenvalue weighted by atomic mass is 9.92. The number of rotatable bonds is 3. The number of guanidine groups is 1. The summed E-state index contributed by atoms with van der Waals surface area (Å²) in [4.78, 5) is 30.7. The van der Waals surface area contributed by atoms with E-state index < -0.39 is 0 Å². The van der Waals surface area contributed by atoms with Gasteiger partial charge in [-0.25, -0.2) is 4.79 Å². The number of piperidine rings is 1. The van der Waals surface area contributed by atoms with Crippen LogP contribution >= 0.6 is 0 Å². The third-order valence-electron chi connectivity index (χ3n) is 3.94. The second-order valence-electron chi connectivity index (χ2n) is 6.03. The molecular weight excluding hydrogens is 270 g/mol. The normalized spacial score (nSPS) is 27.1. The molecule has 2 atom stereocenters. The molecule has 0 saturated carbocycles. The lowest BCUT2D eigenvalue weighted by Gasteiger charge is -2.37. The molecule has 2 rings (SSSR count). The summed E-state index contributed by atoms with van der Waals surface area (Å²) < 4.78 is 0. The Hall–Kier alpha value is -1.79. The number of carbonyl (C=O) groups excluding carboxylic acids is 2. The molecule has 0 radical (unpaired) electrons. The number of likely N-dealkylation sites (tertiary alicyclic amines) is 1. The van der Waals surface area contributed by atoms with Gasteiger partial charge in [0.05, 0.1) is 6.54 Å². The molecule has 2 saturated heterocycles. The Morgan fingerprint density at radius 3 is 2.52 bits per heavy atom. The topological polar surface area (TPSA) is 77.0 Å². The summed E-state index contributed by atoms with van der Waals surface area (Å²) in [5.74, 6) is 1.98. The van der Waals surface area contributed by atoms with Crippen LogP contribution in [0.5, 0.6) is 0 Å². The summed E-state index contributed by atoms with van der Waals surface area (Å²) in [5.41, 5.74) is 0. The van der Waals surface area contributed by atoms with Crippen molar-refractivity contribution in [2.24, 2.45) is 16.8 Å². The van der Waals surface area contributed by atoms with Crippen molar-refractivity contribution < 1.29 is 9.59 Å². The number of carbonyl (C=O) groups is 2. The van der Waals surface area contributed by atoms with E-state index in [2.05, 4.69) is 34.4 Å². The molecule has 2 heterocycles. The maximum atomic E-state index is 11.5. The van der Waals surface area contributed by atoms with Crippen LogP contribution < -0.4 is 10.6 Å². The van der Waals surface area contributed by atoms with Crippen molar-refractivity contribution in [2.75, 3.05) is 39.8 Å². The van der Waals surface area contributed by atoms with E-state index in [0.717, 1.165) is 19.0 Å². The number of hydrogen-bond acceptors (Lipinski definition) is 3. The molecule has 2 N–H and O–H groups in total. The van der Waals surface area contributed by atoms with Crippen molar-refractivity contribution in [3.8, 4) is 0 Å². The van der Waals surface area contributed by atoms with Crippen LogP contribution in [0, 0.1) is 11.8 Å². The molecule has 2 aliphatic rings. The third-order valence-corrected chi connectivity index (χ3v) is 3.94. The van der Waals surface area contributed by atoms with Crippen LogP contribution in [0.3, 0.4) is 0 Å². The van der Waals surface area contributed by atoms with E-state index in [0.29, 0.717) is 24.9 Å². The van der Waals surface area contributed by atoms with Crippen LogP contribution in [0.2, 0.25) is 0 Å². The fourth-order valence-electron chi connectivity index (χ4n) is 3.13. The number of amides is 3.